The molecule has 0 aliphatic heterocycles. The highest BCUT2D eigenvalue weighted by atomic mass is 16.2. The van der Waals surface area contributed by atoms with E-state index in [-0.39, 0.29) is 28.3 Å². The van der Waals surface area contributed by atoms with Crippen LogP contribution < -0.4 is 5.32 Å². The molecule has 1 aliphatic carbocycles. The maximum absolute atomic E-state index is 13.4. The second-order valence-electron chi connectivity index (χ2n) is 11.4. The molecule has 1 amide bonds. The highest BCUT2D eigenvalue weighted by molar-refractivity contribution is 6.11. The van der Waals surface area contributed by atoms with Gasteiger partial charge in [0.25, 0.3) is 0 Å². The number of rotatable bonds is 4. The lowest BCUT2D eigenvalue weighted by atomic mass is 9.58. The number of hydrogen-bond acceptors (Lipinski definition) is 3. The predicted octanol–water partition coefficient (Wildman–Crippen LogP) is 6.39. The van der Waals surface area contributed by atoms with Crippen molar-refractivity contribution in [3.63, 3.8) is 0 Å². The average Bonchev–Trinajstić information content (AvgIpc) is 2.61. The van der Waals surface area contributed by atoms with E-state index >= 15 is 0 Å². The van der Waals surface area contributed by atoms with Gasteiger partial charge in [-0.1, -0.05) is 60.6 Å². The van der Waals surface area contributed by atoms with Crippen molar-refractivity contribution in [2.24, 2.45) is 21.7 Å². The lowest BCUT2D eigenvalue weighted by Crippen LogP contribution is -2.46. The third kappa shape index (κ3) is 4.89. The van der Waals surface area contributed by atoms with Gasteiger partial charge < -0.3 is 5.32 Å². The lowest BCUT2D eigenvalue weighted by molar-refractivity contribution is -0.127. The second-order valence-corrected chi connectivity index (χ2v) is 11.4. The van der Waals surface area contributed by atoms with Gasteiger partial charge >= 0.3 is 0 Å². The third-order valence-corrected chi connectivity index (χ3v) is 6.46. The number of ketones is 2. The summed E-state index contributed by atoms with van der Waals surface area (Å²) in [7, 11) is 0. The van der Waals surface area contributed by atoms with Crippen LogP contribution in [-0.2, 0) is 9.59 Å². The summed E-state index contributed by atoms with van der Waals surface area (Å²) in [6, 6.07) is 6.90. The molecular formula is C27H37NO3. The fraction of sp³-hybridized carbons (Fsp3) is 0.519. The first-order chi connectivity index (χ1) is 13.9. The van der Waals surface area contributed by atoms with Crippen molar-refractivity contribution >= 4 is 23.2 Å². The Morgan fingerprint density at radius 1 is 0.806 bits per heavy atom. The molecule has 1 N–H and O–H groups in total. The Morgan fingerprint density at radius 3 is 1.58 bits per heavy atom. The average molecular weight is 424 g/mol. The van der Waals surface area contributed by atoms with E-state index in [4.69, 9.17) is 0 Å². The molecule has 0 fully saturated rings. The molecule has 2 rings (SSSR count). The van der Waals surface area contributed by atoms with Crippen LogP contribution in [-0.4, -0.2) is 17.5 Å². The number of Topliss-reactive ketones (excluding diaryl/α,β-unsaturated/α-hetero) is 2. The van der Waals surface area contributed by atoms with Gasteiger partial charge in [-0.05, 0) is 55.9 Å². The Morgan fingerprint density at radius 2 is 1.23 bits per heavy atom. The number of anilines is 1. The van der Waals surface area contributed by atoms with Gasteiger partial charge in [-0.15, -0.1) is 0 Å². The minimum absolute atomic E-state index is 0.0164. The van der Waals surface area contributed by atoms with E-state index in [0.717, 1.165) is 11.1 Å². The van der Waals surface area contributed by atoms with E-state index in [2.05, 4.69) is 5.32 Å². The second kappa shape index (κ2) is 7.89. The van der Waals surface area contributed by atoms with Crippen LogP contribution in [0.1, 0.15) is 79.6 Å². The molecule has 0 saturated carbocycles. The summed E-state index contributed by atoms with van der Waals surface area (Å²) in [5.74, 6) is -0.0975. The van der Waals surface area contributed by atoms with Crippen molar-refractivity contribution in [3.8, 4) is 0 Å². The Labute approximate surface area is 187 Å². The van der Waals surface area contributed by atoms with Crippen molar-refractivity contribution < 1.29 is 14.4 Å². The minimum Gasteiger partial charge on any atom is -0.326 e. The number of carbonyl (C=O) groups excluding carboxylic acids is 3. The first-order valence-corrected chi connectivity index (χ1v) is 10.8. The van der Waals surface area contributed by atoms with Gasteiger partial charge in [-0.2, -0.15) is 0 Å². The van der Waals surface area contributed by atoms with E-state index < -0.39 is 10.8 Å². The monoisotopic (exact) mass is 423 g/mol. The van der Waals surface area contributed by atoms with Gasteiger partial charge in [0, 0.05) is 27.8 Å². The van der Waals surface area contributed by atoms with E-state index in [1.165, 1.54) is 6.92 Å². The van der Waals surface area contributed by atoms with Crippen LogP contribution in [0.25, 0.3) is 0 Å². The summed E-state index contributed by atoms with van der Waals surface area (Å²) in [4.78, 5) is 38.3. The molecule has 0 radical (unpaired) electrons. The van der Waals surface area contributed by atoms with Crippen LogP contribution >= 0.6 is 0 Å². The molecular weight excluding hydrogens is 386 g/mol. The maximum atomic E-state index is 13.4. The molecule has 0 spiro atoms. The van der Waals surface area contributed by atoms with Crippen molar-refractivity contribution in [2.45, 2.75) is 69.2 Å². The van der Waals surface area contributed by atoms with E-state index in [9.17, 15) is 14.4 Å². The first-order valence-electron chi connectivity index (χ1n) is 10.8. The topological polar surface area (TPSA) is 63.2 Å². The Kier molecular flexibility index (Phi) is 6.30. The lowest BCUT2D eigenvalue weighted by Gasteiger charge is -2.45. The van der Waals surface area contributed by atoms with Crippen LogP contribution in [0, 0.1) is 21.7 Å². The largest absolute Gasteiger partial charge is 0.326 e. The van der Waals surface area contributed by atoms with Crippen LogP contribution in [0.15, 0.2) is 47.6 Å². The molecule has 0 heterocycles. The highest BCUT2D eigenvalue weighted by Gasteiger charge is 2.49. The predicted molar refractivity (Wildman–Crippen MR) is 127 cm³/mol. The SMILES string of the molecule is CC(=O)c1ccc(NC(=O)C(C)(C)C2(C)C=C(C(C)(C)C)C(=O)C(C(C)(C)C)=C2)cc1. The van der Waals surface area contributed by atoms with Crippen molar-refractivity contribution in [2.75, 3.05) is 5.32 Å². The standard InChI is InChI=1S/C27H37NO3/c1-17(29)18-11-13-19(14-12-18)28-23(31)26(8,9)27(10)15-20(24(2,3)4)22(30)21(16-27)25(5,6)7/h11-16H,1-10H3,(H,28,31). The Hall–Kier alpha value is -2.49. The Balaban J connectivity index is 2.50. The zero-order valence-electron chi connectivity index (χ0n) is 20.7. The van der Waals surface area contributed by atoms with Crippen LogP contribution in [0.5, 0.6) is 0 Å². The van der Waals surface area contributed by atoms with Crippen LogP contribution in [0.4, 0.5) is 5.69 Å². The summed E-state index contributed by atoms with van der Waals surface area (Å²) in [5, 5.41) is 3.00. The molecule has 4 heteroatoms. The summed E-state index contributed by atoms with van der Waals surface area (Å²) in [5.41, 5.74) is 0.568. The van der Waals surface area contributed by atoms with Crippen molar-refractivity contribution in [1.82, 2.24) is 0 Å². The summed E-state index contributed by atoms with van der Waals surface area (Å²) >= 11 is 0. The zero-order chi connectivity index (χ0) is 24.0. The molecule has 0 atom stereocenters. The fourth-order valence-electron chi connectivity index (χ4n) is 3.71. The van der Waals surface area contributed by atoms with Gasteiger partial charge in [-0.3, -0.25) is 14.4 Å². The summed E-state index contributed by atoms with van der Waals surface area (Å²) in [6.45, 7) is 19.6. The molecule has 0 saturated heterocycles. The van der Waals surface area contributed by atoms with E-state index in [1.807, 2.05) is 74.5 Å². The fourth-order valence-corrected chi connectivity index (χ4v) is 3.71. The molecule has 4 nitrogen and oxygen atoms in total. The molecule has 0 bridgehead atoms. The highest BCUT2D eigenvalue weighted by Crippen LogP contribution is 2.50. The number of benzene rings is 1. The maximum Gasteiger partial charge on any atom is 0.231 e. The molecule has 0 unspecified atom stereocenters. The normalized spacial score (nSPS) is 17.0. The molecule has 168 valence electrons. The minimum atomic E-state index is -0.833. The van der Waals surface area contributed by atoms with Gasteiger partial charge in [0.2, 0.25) is 5.91 Å². The van der Waals surface area contributed by atoms with Gasteiger partial charge in [0.05, 0.1) is 5.41 Å². The quantitative estimate of drug-likeness (QED) is 0.571. The number of carbonyl (C=O) groups is 3. The number of nitrogens with one attached hydrogen (secondary N) is 1. The van der Waals surface area contributed by atoms with Crippen molar-refractivity contribution in [1.29, 1.82) is 0 Å². The van der Waals surface area contributed by atoms with Crippen LogP contribution in [0.2, 0.25) is 0 Å². The Bertz CT molecular complexity index is 927. The third-order valence-electron chi connectivity index (χ3n) is 6.46. The van der Waals surface area contributed by atoms with E-state index in [1.54, 1.807) is 24.3 Å². The van der Waals surface area contributed by atoms with Crippen molar-refractivity contribution in [3.05, 3.63) is 53.1 Å². The number of hydrogen-bond donors (Lipinski definition) is 1. The summed E-state index contributed by atoms with van der Waals surface area (Å²) in [6.07, 6.45) is 3.98. The number of allylic oxidation sites excluding steroid dienone is 4. The smallest absolute Gasteiger partial charge is 0.231 e. The summed E-state index contributed by atoms with van der Waals surface area (Å²) < 4.78 is 0. The number of amides is 1. The van der Waals surface area contributed by atoms with Crippen LogP contribution in [0.3, 0.4) is 0 Å². The van der Waals surface area contributed by atoms with E-state index in [0.29, 0.717) is 11.3 Å². The molecule has 1 aromatic rings. The first kappa shape index (κ1) is 24.8. The van der Waals surface area contributed by atoms with Gasteiger partial charge in [0.1, 0.15) is 0 Å². The molecule has 0 aromatic heterocycles. The zero-order valence-corrected chi connectivity index (χ0v) is 20.7. The van der Waals surface area contributed by atoms with Gasteiger partial charge in [0.15, 0.2) is 11.6 Å². The van der Waals surface area contributed by atoms with Gasteiger partial charge in [-0.25, -0.2) is 0 Å². The molecule has 1 aromatic carbocycles. The molecule has 1 aliphatic rings. The molecule has 31 heavy (non-hydrogen) atoms.